The standard InChI is InChI=1S/C23H38O5/c1-2-16-21(25)17-14-12-10-8-6-4-3-5-7-9-11-13-15-18-23(27)28-20-22(26)19-24/h3,5-6,8-9,11-12,14,21-22,24-26H,2,4,7,10,13,15-20H2,1H3/b5-3-,8-6-,11-9-,14-12-/t21?,22-/m0/s1. The molecule has 1 unspecified atom stereocenters. The molecule has 0 fully saturated rings. The molecule has 0 amide bonds. The molecule has 0 aromatic rings. The highest BCUT2D eigenvalue weighted by Gasteiger charge is 2.06. The maximum absolute atomic E-state index is 11.4. The molecule has 0 aliphatic carbocycles. The maximum Gasteiger partial charge on any atom is 0.305 e. The van der Waals surface area contributed by atoms with Crippen LogP contribution in [0, 0.1) is 0 Å². The summed E-state index contributed by atoms with van der Waals surface area (Å²) in [4.78, 5) is 11.4. The van der Waals surface area contributed by atoms with Crippen LogP contribution >= 0.6 is 0 Å². The van der Waals surface area contributed by atoms with Gasteiger partial charge in [0.1, 0.15) is 12.7 Å². The molecule has 0 aromatic heterocycles. The van der Waals surface area contributed by atoms with Crippen LogP contribution in [0.15, 0.2) is 48.6 Å². The highest BCUT2D eigenvalue weighted by Crippen LogP contribution is 2.03. The summed E-state index contributed by atoms with van der Waals surface area (Å²) in [7, 11) is 0. The third-order valence-corrected chi connectivity index (χ3v) is 3.91. The Morgan fingerprint density at radius 1 is 0.893 bits per heavy atom. The van der Waals surface area contributed by atoms with Crippen LogP contribution in [-0.4, -0.2) is 46.7 Å². The Hall–Kier alpha value is -1.69. The highest BCUT2D eigenvalue weighted by atomic mass is 16.5. The molecule has 0 radical (unpaired) electrons. The van der Waals surface area contributed by atoms with Gasteiger partial charge in [-0.3, -0.25) is 4.79 Å². The first kappa shape index (κ1) is 26.3. The van der Waals surface area contributed by atoms with E-state index in [-0.39, 0.29) is 18.7 Å². The number of allylic oxidation sites excluding steroid dienone is 7. The number of rotatable bonds is 17. The Labute approximate surface area is 170 Å². The van der Waals surface area contributed by atoms with E-state index in [2.05, 4.69) is 43.4 Å². The normalized spacial score (nSPS) is 14.6. The third-order valence-electron chi connectivity index (χ3n) is 3.91. The van der Waals surface area contributed by atoms with Gasteiger partial charge in [-0.2, -0.15) is 0 Å². The third kappa shape index (κ3) is 19.1. The quantitative estimate of drug-likeness (QED) is 0.197. The van der Waals surface area contributed by atoms with E-state index >= 15 is 0 Å². The van der Waals surface area contributed by atoms with Crippen LogP contribution < -0.4 is 0 Å². The molecule has 0 aliphatic rings. The zero-order valence-corrected chi connectivity index (χ0v) is 17.2. The van der Waals surface area contributed by atoms with Gasteiger partial charge in [-0.15, -0.1) is 0 Å². The second-order valence-corrected chi connectivity index (χ2v) is 6.68. The number of hydrogen-bond donors (Lipinski definition) is 3. The number of aliphatic hydroxyl groups excluding tert-OH is 3. The van der Waals surface area contributed by atoms with Crippen molar-refractivity contribution in [1.82, 2.24) is 0 Å². The van der Waals surface area contributed by atoms with Crippen molar-refractivity contribution in [2.45, 2.75) is 76.9 Å². The second kappa shape index (κ2) is 20.1. The largest absolute Gasteiger partial charge is 0.463 e. The van der Waals surface area contributed by atoms with E-state index in [0.29, 0.717) is 12.8 Å². The van der Waals surface area contributed by atoms with Crippen LogP contribution in [0.3, 0.4) is 0 Å². The van der Waals surface area contributed by atoms with Gasteiger partial charge in [0.05, 0.1) is 12.7 Å². The second-order valence-electron chi connectivity index (χ2n) is 6.68. The number of unbranched alkanes of at least 4 members (excludes halogenated alkanes) is 1. The molecule has 0 saturated carbocycles. The zero-order valence-electron chi connectivity index (χ0n) is 17.2. The number of carbonyl (C=O) groups is 1. The minimum absolute atomic E-state index is 0.150. The smallest absolute Gasteiger partial charge is 0.305 e. The van der Waals surface area contributed by atoms with Gasteiger partial charge in [0.25, 0.3) is 0 Å². The topological polar surface area (TPSA) is 87.0 Å². The van der Waals surface area contributed by atoms with Crippen LogP contribution in [0.25, 0.3) is 0 Å². The summed E-state index contributed by atoms with van der Waals surface area (Å²) in [6, 6.07) is 0. The van der Waals surface area contributed by atoms with Crippen molar-refractivity contribution in [3.05, 3.63) is 48.6 Å². The first-order valence-corrected chi connectivity index (χ1v) is 10.3. The SMILES string of the molecule is CCCC(O)C/C=C\C/C=C\C/C=C\C/C=C\CCCC(=O)OC[C@@H](O)CO. The lowest BCUT2D eigenvalue weighted by Crippen LogP contribution is -2.21. The van der Waals surface area contributed by atoms with E-state index in [0.717, 1.165) is 44.9 Å². The van der Waals surface area contributed by atoms with Crippen LogP contribution in [0.2, 0.25) is 0 Å². The summed E-state index contributed by atoms with van der Waals surface area (Å²) >= 11 is 0. The first-order chi connectivity index (χ1) is 13.6. The molecule has 160 valence electrons. The van der Waals surface area contributed by atoms with Crippen molar-refractivity contribution < 1.29 is 24.9 Å². The van der Waals surface area contributed by atoms with Gasteiger partial charge in [-0.05, 0) is 44.9 Å². The number of ether oxygens (including phenoxy) is 1. The molecule has 0 saturated heterocycles. The fourth-order valence-corrected chi connectivity index (χ4v) is 2.31. The lowest BCUT2D eigenvalue weighted by molar-refractivity contribution is -0.147. The van der Waals surface area contributed by atoms with E-state index in [1.165, 1.54) is 0 Å². The van der Waals surface area contributed by atoms with Gasteiger partial charge in [0.2, 0.25) is 0 Å². The van der Waals surface area contributed by atoms with Crippen LogP contribution in [-0.2, 0) is 9.53 Å². The van der Waals surface area contributed by atoms with E-state index in [4.69, 9.17) is 14.9 Å². The van der Waals surface area contributed by atoms with Crippen molar-refractivity contribution in [2.24, 2.45) is 0 Å². The van der Waals surface area contributed by atoms with E-state index < -0.39 is 12.7 Å². The van der Waals surface area contributed by atoms with Crippen molar-refractivity contribution >= 4 is 5.97 Å². The van der Waals surface area contributed by atoms with Gasteiger partial charge < -0.3 is 20.1 Å². The molecule has 28 heavy (non-hydrogen) atoms. The van der Waals surface area contributed by atoms with Crippen LogP contribution in [0.4, 0.5) is 0 Å². The summed E-state index contributed by atoms with van der Waals surface area (Å²) in [6.45, 7) is 1.52. The number of carbonyl (C=O) groups excluding carboxylic acids is 1. The molecule has 5 nitrogen and oxygen atoms in total. The summed E-state index contributed by atoms with van der Waals surface area (Å²) in [5.74, 6) is -0.348. The Bertz CT molecular complexity index is 479. The Morgan fingerprint density at radius 3 is 2.04 bits per heavy atom. The van der Waals surface area contributed by atoms with Crippen LogP contribution in [0.5, 0.6) is 0 Å². The van der Waals surface area contributed by atoms with Gasteiger partial charge in [-0.1, -0.05) is 62.0 Å². The maximum atomic E-state index is 11.4. The summed E-state index contributed by atoms with van der Waals surface area (Å²) in [5, 5.41) is 27.3. The predicted molar refractivity (Wildman–Crippen MR) is 114 cm³/mol. The average molecular weight is 395 g/mol. The minimum atomic E-state index is -0.994. The van der Waals surface area contributed by atoms with Crippen molar-refractivity contribution in [2.75, 3.05) is 13.2 Å². The Morgan fingerprint density at radius 2 is 1.46 bits per heavy atom. The molecule has 5 heteroatoms. The molecular formula is C23H38O5. The summed E-state index contributed by atoms with van der Waals surface area (Å²) < 4.78 is 4.82. The molecule has 0 aliphatic heterocycles. The predicted octanol–water partition coefficient (Wildman–Crippen LogP) is 4.00. The van der Waals surface area contributed by atoms with Crippen molar-refractivity contribution in [3.63, 3.8) is 0 Å². The van der Waals surface area contributed by atoms with E-state index in [1.807, 2.05) is 12.2 Å². The van der Waals surface area contributed by atoms with Crippen molar-refractivity contribution in [1.29, 1.82) is 0 Å². The fourth-order valence-electron chi connectivity index (χ4n) is 2.31. The molecule has 0 heterocycles. The molecule has 0 aromatic carbocycles. The average Bonchev–Trinajstić information content (AvgIpc) is 2.69. The Kier molecular flexibility index (Phi) is 18.8. The fraction of sp³-hybridized carbons (Fsp3) is 0.609. The molecule has 0 spiro atoms. The molecule has 2 atom stereocenters. The minimum Gasteiger partial charge on any atom is -0.463 e. The molecular weight excluding hydrogens is 356 g/mol. The first-order valence-electron chi connectivity index (χ1n) is 10.3. The summed E-state index contributed by atoms with van der Waals surface area (Å²) in [5.41, 5.74) is 0. The van der Waals surface area contributed by atoms with Gasteiger partial charge in [-0.25, -0.2) is 0 Å². The van der Waals surface area contributed by atoms with Crippen molar-refractivity contribution in [3.8, 4) is 0 Å². The highest BCUT2D eigenvalue weighted by molar-refractivity contribution is 5.69. The molecule has 3 N–H and O–H groups in total. The monoisotopic (exact) mass is 394 g/mol. The summed E-state index contributed by atoms with van der Waals surface area (Å²) in [6.07, 6.45) is 22.7. The number of aliphatic hydroxyl groups is 3. The Balaban J connectivity index is 3.56. The number of esters is 1. The molecule has 0 bridgehead atoms. The van der Waals surface area contributed by atoms with Crippen LogP contribution in [0.1, 0.15) is 64.7 Å². The van der Waals surface area contributed by atoms with E-state index in [9.17, 15) is 9.90 Å². The lowest BCUT2D eigenvalue weighted by Gasteiger charge is -2.07. The van der Waals surface area contributed by atoms with E-state index in [1.54, 1.807) is 0 Å². The zero-order chi connectivity index (χ0) is 20.9. The van der Waals surface area contributed by atoms with Gasteiger partial charge in [0, 0.05) is 6.42 Å². The lowest BCUT2D eigenvalue weighted by atomic mass is 10.1. The van der Waals surface area contributed by atoms with Gasteiger partial charge in [0.15, 0.2) is 0 Å². The molecule has 0 rings (SSSR count). The van der Waals surface area contributed by atoms with Gasteiger partial charge >= 0.3 is 5.97 Å². The number of hydrogen-bond acceptors (Lipinski definition) is 5.